The second-order valence-corrected chi connectivity index (χ2v) is 10.2. The van der Waals surface area contributed by atoms with E-state index in [9.17, 15) is 18.8 Å². The van der Waals surface area contributed by atoms with E-state index < -0.39 is 11.7 Å². The Balaban J connectivity index is 1.52. The Morgan fingerprint density at radius 2 is 1.79 bits per heavy atom. The molecule has 202 valence electrons. The number of piperidine rings is 1. The lowest BCUT2D eigenvalue weighted by atomic mass is 9.90. The van der Waals surface area contributed by atoms with E-state index in [-0.39, 0.29) is 17.3 Å². The van der Waals surface area contributed by atoms with Gasteiger partial charge >= 0.3 is 0 Å². The van der Waals surface area contributed by atoms with Crippen molar-refractivity contribution in [1.29, 1.82) is 0 Å². The molecule has 0 saturated carbocycles. The molecule has 1 aromatic heterocycles. The lowest BCUT2D eigenvalue weighted by molar-refractivity contribution is -0.126. The minimum Gasteiger partial charge on any atom is -0.383 e. The first-order valence-corrected chi connectivity index (χ1v) is 13.3. The van der Waals surface area contributed by atoms with Gasteiger partial charge in [-0.3, -0.25) is 14.4 Å². The third-order valence-corrected chi connectivity index (χ3v) is 7.63. The Hall–Kier alpha value is -3.23. The number of halogens is 2. The number of ketones is 1. The van der Waals surface area contributed by atoms with Gasteiger partial charge in [0.1, 0.15) is 5.82 Å². The van der Waals surface area contributed by atoms with Crippen LogP contribution in [-0.4, -0.2) is 71.9 Å². The highest BCUT2D eigenvalue weighted by Gasteiger charge is 2.29. The van der Waals surface area contributed by atoms with E-state index in [0.29, 0.717) is 60.2 Å². The van der Waals surface area contributed by atoms with Gasteiger partial charge in [0.05, 0.1) is 28.3 Å². The van der Waals surface area contributed by atoms with Gasteiger partial charge in [0, 0.05) is 51.9 Å². The molecular formula is C29H33ClFN3O4. The molecule has 38 heavy (non-hydrogen) atoms. The number of aryl methyl sites for hydroxylation is 1. The molecule has 2 heterocycles. The number of likely N-dealkylation sites (N-methyl/N-ethyl adjacent to an activating group) is 1. The van der Waals surface area contributed by atoms with Crippen LogP contribution in [0.25, 0.3) is 10.9 Å². The molecule has 7 nitrogen and oxygen atoms in total. The monoisotopic (exact) mass is 541 g/mol. The molecule has 2 aromatic carbocycles. The molecule has 0 bridgehead atoms. The standard InChI is InChI=1S/C29H33ClFN3O4/c1-4-33(13-14-38-3)29(37)27(35)24-18-32(2)26-17-25(30)23(16-22(24)26)28(36)34-11-9-20(10-12-34)15-19-5-7-21(31)8-6-19/h5-8,16-18,20H,4,9-15H2,1-3H3. The van der Waals surface area contributed by atoms with Gasteiger partial charge in [-0.05, 0) is 61.9 Å². The summed E-state index contributed by atoms with van der Waals surface area (Å²) >= 11 is 6.55. The number of carbonyl (C=O) groups excluding carboxylic acids is 3. The van der Waals surface area contributed by atoms with Crippen molar-refractivity contribution in [3.63, 3.8) is 0 Å². The second kappa shape index (κ2) is 12.1. The Kier molecular flexibility index (Phi) is 8.84. The number of hydrogen-bond acceptors (Lipinski definition) is 4. The van der Waals surface area contributed by atoms with Gasteiger partial charge in [-0.15, -0.1) is 0 Å². The first kappa shape index (κ1) is 27.8. The highest BCUT2D eigenvalue weighted by Crippen LogP contribution is 2.31. The highest BCUT2D eigenvalue weighted by atomic mass is 35.5. The fraction of sp³-hybridized carbons (Fsp3) is 0.414. The maximum absolute atomic E-state index is 13.5. The highest BCUT2D eigenvalue weighted by molar-refractivity contribution is 6.45. The number of Topliss-reactive ketones (excluding diaryl/α,β-unsaturated/α-hetero) is 1. The molecule has 0 unspecified atom stereocenters. The van der Waals surface area contributed by atoms with E-state index in [2.05, 4.69) is 0 Å². The van der Waals surface area contributed by atoms with Crippen molar-refractivity contribution >= 4 is 40.1 Å². The number of fused-ring (bicyclic) bond motifs is 1. The van der Waals surface area contributed by atoms with E-state index in [1.165, 1.54) is 17.0 Å². The molecule has 2 amide bonds. The van der Waals surface area contributed by atoms with Gasteiger partial charge in [0.2, 0.25) is 0 Å². The van der Waals surface area contributed by atoms with Crippen LogP contribution in [0.15, 0.2) is 42.6 Å². The molecule has 1 fully saturated rings. The van der Waals surface area contributed by atoms with E-state index in [4.69, 9.17) is 16.3 Å². The summed E-state index contributed by atoms with van der Waals surface area (Å²) in [4.78, 5) is 42.9. The average Bonchev–Trinajstić information content (AvgIpc) is 3.24. The molecule has 0 radical (unpaired) electrons. The smallest absolute Gasteiger partial charge is 0.295 e. The Morgan fingerprint density at radius 1 is 1.11 bits per heavy atom. The van der Waals surface area contributed by atoms with E-state index in [0.717, 1.165) is 24.8 Å². The summed E-state index contributed by atoms with van der Waals surface area (Å²) in [5, 5.41) is 0.824. The largest absolute Gasteiger partial charge is 0.383 e. The zero-order chi connectivity index (χ0) is 27.4. The fourth-order valence-corrected chi connectivity index (χ4v) is 5.31. The van der Waals surface area contributed by atoms with Crippen LogP contribution in [0.1, 0.15) is 46.0 Å². The van der Waals surface area contributed by atoms with Gasteiger partial charge in [-0.25, -0.2) is 4.39 Å². The van der Waals surface area contributed by atoms with Crippen molar-refractivity contribution < 1.29 is 23.5 Å². The first-order valence-electron chi connectivity index (χ1n) is 12.9. The number of likely N-dealkylation sites (tertiary alicyclic amines) is 1. The van der Waals surface area contributed by atoms with Crippen LogP contribution >= 0.6 is 11.6 Å². The topological polar surface area (TPSA) is 71.8 Å². The van der Waals surface area contributed by atoms with Gasteiger partial charge in [-0.1, -0.05) is 23.7 Å². The maximum Gasteiger partial charge on any atom is 0.295 e. The van der Waals surface area contributed by atoms with Gasteiger partial charge in [0.15, 0.2) is 0 Å². The van der Waals surface area contributed by atoms with Gasteiger partial charge in [-0.2, -0.15) is 0 Å². The van der Waals surface area contributed by atoms with E-state index in [1.807, 2.05) is 19.1 Å². The number of hydrogen-bond donors (Lipinski definition) is 0. The van der Waals surface area contributed by atoms with Crippen molar-refractivity contribution in [3.05, 3.63) is 70.1 Å². The summed E-state index contributed by atoms with van der Waals surface area (Å²) in [7, 11) is 3.32. The summed E-state index contributed by atoms with van der Waals surface area (Å²) in [6.07, 6.45) is 4.13. The van der Waals surface area contributed by atoms with Crippen LogP contribution < -0.4 is 0 Å². The SMILES string of the molecule is CCN(CCOC)C(=O)C(=O)c1cn(C)c2cc(Cl)c(C(=O)N3CCC(Cc4ccc(F)cc4)CC3)cc12. The average molecular weight is 542 g/mol. The molecule has 3 aromatic rings. The molecule has 1 aliphatic rings. The van der Waals surface area contributed by atoms with Crippen molar-refractivity contribution in [2.75, 3.05) is 39.9 Å². The maximum atomic E-state index is 13.5. The van der Waals surface area contributed by atoms with Crippen molar-refractivity contribution in [2.45, 2.75) is 26.2 Å². The summed E-state index contributed by atoms with van der Waals surface area (Å²) < 4.78 is 20.0. The Labute approximate surface area is 227 Å². The Bertz CT molecular complexity index is 1330. The van der Waals surface area contributed by atoms with Crippen LogP contribution in [0, 0.1) is 11.7 Å². The second-order valence-electron chi connectivity index (χ2n) is 9.78. The number of rotatable bonds is 9. The molecule has 1 aliphatic heterocycles. The molecular weight excluding hydrogens is 509 g/mol. The molecule has 0 N–H and O–H groups in total. The summed E-state index contributed by atoms with van der Waals surface area (Å²) in [6.45, 7) is 4.01. The van der Waals surface area contributed by atoms with E-state index >= 15 is 0 Å². The number of benzene rings is 2. The number of ether oxygens (including phenoxy) is 1. The number of carbonyl (C=O) groups is 3. The predicted molar refractivity (Wildman–Crippen MR) is 145 cm³/mol. The summed E-state index contributed by atoms with van der Waals surface area (Å²) in [5.74, 6) is -1.27. The molecule has 0 spiro atoms. The number of methoxy groups -OCH3 is 1. The molecule has 9 heteroatoms. The third-order valence-electron chi connectivity index (χ3n) is 7.32. The number of nitrogens with zero attached hydrogens (tertiary/aromatic N) is 3. The number of amides is 2. The molecule has 1 saturated heterocycles. The van der Waals surface area contributed by atoms with Crippen LogP contribution in [0.2, 0.25) is 5.02 Å². The van der Waals surface area contributed by atoms with Crippen molar-refractivity contribution in [3.8, 4) is 0 Å². The first-order chi connectivity index (χ1) is 18.2. The van der Waals surface area contributed by atoms with Crippen LogP contribution in [0.3, 0.4) is 0 Å². The molecule has 0 atom stereocenters. The molecule has 4 rings (SSSR count). The molecule has 0 aliphatic carbocycles. The normalized spacial score (nSPS) is 14.2. The van der Waals surface area contributed by atoms with E-state index in [1.54, 1.807) is 42.0 Å². The number of aromatic nitrogens is 1. The third kappa shape index (κ3) is 5.92. The predicted octanol–water partition coefficient (Wildman–Crippen LogP) is 4.74. The van der Waals surface area contributed by atoms with Crippen LogP contribution in [0.5, 0.6) is 0 Å². The summed E-state index contributed by atoms with van der Waals surface area (Å²) in [5.41, 5.74) is 2.31. The quantitative estimate of drug-likeness (QED) is 0.290. The zero-order valence-electron chi connectivity index (χ0n) is 22.0. The van der Waals surface area contributed by atoms with Gasteiger partial charge in [0.25, 0.3) is 17.6 Å². The zero-order valence-corrected chi connectivity index (χ0v) is 22.8. The Morgan fingerprint density at radius 3 is 2.42 bits per heavy atom. The van der Waals surface area contributed by atoms with Crippen molar-refractivity contribution in [2.24, 2.45) is 13.0 Å². The minimum atomic E-state index is -0.629. The van der Waals surface area contributed by atoms with Gasteiger partial charge < -0.3 is 19.1 Å². The lowest BCUT2D eigenvalue weighted by Gasteiger charge is -2.32. The lowest BCUT2D eigenvalue weighted by Crippen LogP contribution is -2.39. The van der Waals surface area contributed by atoms with Crippen molar-refractivity contribution in [1.82, 2.24) is 14.4 Å². The fourth-order valence-electron chi connectivity index (χ4n) is 5.08. The summed E-state index contributed by atoms with van der Waals surface area (Å²) in [6, 6.07) is 9.88. The van der Waals surface area contributed by atoms with Crippen LogP contribution in [0.4, 0.5) is 4.39 Å². The van der Waals surface area contributed by atoms with Crippen LogP contribution in [-0.2, 0) is 23.0 Å². The minimum absolute atomic E-state index is 0.194.